The van der Waals surface area contributed by atoms with Crippen LogP contribution in [0.4, 0.5) is 18.9 Å². The summed E-state index contributed by atoms with van der Waals surface area (Å²) in [5, 5.41) is 6.39. The van der Waals surface area contributed by atoms with Gasteiger partial charge in [-0.3, -0.25) is 4.79 Å². The molecule has 0 saturated heterocycles. The Balaban J connectivity index is 0.000000245. The van der Waals surface area contributed by atoms with E-state index < -0.39 is 11.9 Å². The number of halogens is 4. The minimum absolute atomic E-state index is 0.00271. The topological polar surface area (TPSA) is 74.6 Å². The van der Waals surface area contributed by atoms with Crippen LogP contribution in [-0.4, -0.2) is 37.0 Å². The van der Waals surface area contributed by atoms with Gasteiger partial charge in [0.05, 0.1) is 31.5 Å². The van der Waals surface area contributed by atoms with E-state index in [-0.39, 0.29) is 12.5 Å². The summed E-state index contributed by atoms with van der Waals surface area (Å²) in [5.74, 6) is 1.26. The normalized spacial score (nSPS) is 10.7. The monoisotopic (exact) mass is 485 g/mol. The molecule has 11 heteroatoms. The number of rotatable bonds is 7. The molecule has 3 rings (SSSR count). The molecule has 1 aromatic heterocycles. The first-order valence-electron chi connectivity index (χ1n) is 9.64. The van der Waals surface area contributed by atoms with Crippen molar-refractivity contribution in [1.82, 2.24) is 9.78 Å². The van der Waals surface area contributed by atoms with E-state index in [1.807, 2.05) is 13.0 Å². The minimum atomic E-state index is -4.53. The van der Waals surface area contributed by atoms with E-state index in [0.29, 0.717) is 28.6 Å². The van der Waals surface area contributed by atoms with Crippen LogP contribution in [0.15, 0.2) is 42.5 Å². The van der Waals surface area contributed by atoms with Gasteiger partial charge < -0.3 is 19.5 Å². The molecule has 1 heterocycles. The van der Waals surface area contributed by atoms with Crippen LogP contribution in [0, 0.1) is 6.92 Å². The fraction of sp³-hybridized carbons (Fsp3) is 0.273. The highest BCUT2D eigenvalue weighted by Crippen LogP contribution is 2.34. The number of carbonyl (C=O) groups excluding carboxylic acids is 1. The summed E-state index contributed by atoms with van der Waals surface area (Å²) < 4.78 is 54.4. The summed E-state index contributed by atoms with van der Waals surface area (Å²) in [6, 6.07) is 10.9. The van der Waals surface area contributed by atoms with Gasteiger partial charge in [-0.05, 0) is 37.6 Å². The summed E-state index contributed by atoms with van der Waals surface area (Å²) in [5.41, 5.74) is 0.964. The molecule has 0 saturated carbocycles. The third kappa shape index (κ3) is 6.55. The highest BCUT2D eigenvalue weighted by Gasteiger charge is 2.35. The van der Waals surface area contributed by atoms with Crippen molar-refractivity contribution in [2.75, 3.05) is 26.1 Å². The average Bonchev–Trinajstić information content (AvgIpc) is 3.20. The molecule has 1 N–H and O–H groups in total. The first kappa shape index (κ1) is 25.9. The molecule has 0 aliphatic carbocycles. The van der Waals surface area contributed by atoms with Crippen molar-refractivity contribution in [2.24, 2.45) is 0 Å². The Bertz CT molecular complexity index is 1090. The molecule has 7 nitrogen and oxygen atoms in total. The number of alkyl halides is 3. The van der Waals surface area contributed by atoms with Gasteiger partial charge in [0.25, 0.3) is 0 Å². The molecule has 1 amide bonds. The Morgan fingerprint density at radius 1 is 1.12 bits per heavy atom. The molecule has 0 spiro atoms. The van der Waals surface area contributed by atoms with Gasteiger partial charge in [0.15, 0.2) is 17.2 Å². The number of benzene rings is 2. The van der Waals surface area contributed by atoms with Crippen molar-refractivity contribution in [3.8, 4) is 23.1 Å². The van der Waals surface area contributed by atoms with Crippen molar-refractivity contribution in [3.05, 3.63) is 58.7 Å². The predicted molar refractivity (Wildman–Crippen MR) is 119 cm³/mol. The molecule has 178 valence electrons. The maximum absolute atomic E-state index is 12.7. The first-order valence-corrected chi connectivity index (χ1v) is 10.0. The molecule has 3 aromatic rings. The van der Waals surface area contributed by atoms with Crippen LogP contribution in [0.25, 0.3) is 5.69 Å². The maximum atomic E-state index is 12.7. The van der Waals surface area contributed by atoms with Gasteiger partial charge in [0.2, 0.25) is 12.3 Å². The lowest BCUT2D eigenvalue weighted by Gasteiger charge is -2.11. The Labute approximate surface area is 194 Å². The summed E-state index contributed by atoms with van der Waals surface area (Å²) in [6.07, 6.45) is -3.90. The number of aromatic nitrogens is 2. The van der Waals surface area contributed by atoms with Crippen LogP contribution in [0.1, 0.15) is 18.2 Å². The van der Waals surface area contributed by atoms with Gasteiger partial charge >= 0.3 is 6.18 Å². The highest BCUT2D eigenvalue weighted by atomic mass is 35.5. The SMILES string of the molecule is CCOc1cc(C(F)(F)F)nn1-c1ccccc1Cl.COc1cc(C)c(NC=O)cc1OC. The van der Waals surface area contributed by atoms with Crippen LogP contribution in [-0.2, 0) is 11.0 Å². The minimum Gasteiger partial charge on any atom is -0.493 e. The molecule has 0 aliphatic rings. The summed E-state index contributed by atoms with van der Waals surface area (Å²) in [6.45, 7) is 3.79. The first-order chi connectivity index (χ1) is 15.7. The third-order valence-electron chi connectivity index (χ3n) is 4.28. The molecule has 33 heavy (non-hydrogen) atoms. The van der Waals surface area contributed by atoms with Crippen LogP contribution in [0.5, 0.6) is 17.4 Å². The smallest absolute Gasteiger partial charge is 0.435 e. The molecule has 0 unspecified atom stereocenters. The lowest BCUT2D eigenvalue weighted by molar-refractivity contribution is -0.141. The second-order valence-electron chi connectivity index (χ2n) is 6.45. The summed E-state index contributed by atoms with van der Waals surface area (Å²) >= 11 is 5.96. The van der Waals surface area contributed by atoms with E-state index in [1.54, 1.807) is 51.5 Å². The Morgan fingerprint density at radius 3 is 2.30 bits per heavy atom. The number of methoxy groups -OCH3 is 2. The Kier molecular flexibility index (Phi) is 8.98. The van der Waals surface area contributed by atoms with Crippen LogP contribution in [0.2, 0.25) is 5.02 Å². The number of hydrogen-bond donors (Lipinski definition) is 1. The van der Waals surface area contributed by atoms with E-state index in [1.165, 1.54) is 0 Å². The van der Waals surface area contributed by atoms with Gasteiger partial charge in [-0.1, -0.05) is 23.7 Å². The van der Waals surface area contributed by atoms with Crippen molar-refractivity contribution >= 4 is 23.7 Å². The largest absolute Gasteiger partial charge is 0.493 e. The number of nitrogens with one attached hydrogen (secondary N) is 1. The second kappa shape index (κ2) is 11.5. The average molecular weight is 486 g/mol. The zero-order valence-electron chi connectivity index (χ0n) is 18.4. The van der Waals surface area contributed by atoms with Crippen molar-refractivity contribution < 1.29 is 32.2 Å². The molecule has 0 aliphatic heterocycles. The van der Waals surface area contributed by atoms with E-state index >= 15 is 0 Å². The molecule has 0 radical (unpaired) electrons. The van der Waals surface area contributed by atoms with Crippen LogP contribution in [0.3, 0.4) is 0 Å². The molecule has 0 atom stereocenters. The lowest BCUT2D eigenvalue weighted by Crippen LogP contribution is -2.07. The number of anilines is 1. The van der Waals surface area contributed by atoms with Gasteiger partial charge in [-0.15, -0.1) is 0 Å². The van der Waals surface area contributed by atoms with Crippen LogP contribution < -0.4 is 19.5 Å². The van der Waals surface area contributed by atoms with Gasteiger partial charge in [-0.2, -0.15) is 23.0 Å². The fourth-order valence-corrected chi connectivity index (χ4v) is 2.96. The van der Waals surface area contributed by atoms with E-state index in [0.717, 1.165) is 22.0 Å². The van der Waals surface area contributed by atoms with Crippen LogP contribution >= 0.6 is 11.6 Å². The quantitative estimate of drug-likeness (QED) is 0.446. The van der Waals surface area contributed by atoms with Crippen molar-refractivity contribution in [3.63, 3.8) is 0 Å². The highest BCUT2D eigenvalue weighted by molar-refractivity contribution is 6.32. The van der Waals surface area contributed by atoms with E-state index in [2.05, 4.69) is 10.4 Å². The number of ether oxygens (including phenoxy) is 3. The number of amides is 1. The van der Waals surface area contributed by atoms with Crippen molar-refractivity contribution in [1.29, 1.82) is 0 Å². The lowest BCUT2D eigenvalue weighted by atomic mass is 10.2. The molecular formula is C22H23ClF3N3O4. The zero-order valence-corrected chi connectivity index (χ0v) is 19.1. The van der Waals surface area contributed by atoms with Gasteiger partial charge in [-0.25, -0.2) is 0 Å². The van der Waals surface area contributed by atoms with Gasteiger partial charge in [0.1, 0.15) is 0 Å². The zero-order chi connectivity index (χ0) is 24.6. The molecule has 0 fully saturated rings. The number of para-hydroxylation sites is 1. The van der Waals surface area contributed by atoms with Crippen molar-refractivity contribution in [2.45, 2.75) is 20.0 Å². The molecule has 2 aromatic carbocycles. The standard InChI is InChI=1S/C12H10ClF3N2O.C10H13NO3/c1-2-19-11-7-10(12(14,15)16)17-18(11)9-6-4-3-5-8(9)13;1-7-4-9(13-2)10(14-3)5-8(7)11-6-12/h3-7H,2H2,1H3;4-6H,1-3H3,(H,11,12). The number of carbonyl (C=O) groups is 1. The maximum Gasteiger partial charge on any atom is 0.435 e. The number of nitrogens with zero attached hydrogens (tertiary/aromatic N) is 2. The van der Waals surface area contributed by atoms with Gasteiger partial charge in [0, 0.05) is 17.8 Å². The predicted octanol–water partition coefficient (Wildman–Crippen LogP) is 5.52. The second-order valence-corrected chi connectivity index (χ2v) is 6.85. The Hall–Kier alpha value is -3.40. The number of aryl methyl sites for hydroxylation is 1. The number of hydrogen-bond acceptors (Lipinski definition) is 5. The summed E-state index contributed by atoms with van der Waals surface area (Å²) in [4.78, 5) is 10.3. The fourth-order valence-electron chi connectivity index (χ4n) is 2.75. The molecule has 0 bridgehead atoms. The molecular weight excluding hydrogens is 463 g/mol. The van der Waals surface area contributed by atoms with E-state index in [4.69, 9.17) is 25.8 Å². The Morgan fingerprint density at radius 2 is 1.76 bits per heavy atom. The summed E-state index contributed by atoms with van der Waals surface area (Å²) in [7, 11) is 3.13. The third-order valence-corrected chi connectivity index (χ3v) is 4.60. The van der Waals surface area contributed by atoms with E-state index in [9.17, 15) is 18.0 Å².